The van der Waals surface area contributed by atoms with Crippen molar-refractivity contribution >= 4 is 76.8 Å². The molecule has 0 bridgehead atoms. The second-order valence-corrected chi connectivity index (χ2v) is 25.1. The molecule has 4 aliphatic rings. The molecule has 29 heteroatoms. The number of hydroxylamine groups is 2. The van der Waals surface area contributed by atoms with Gasteiger partial charge < -0.3 is 80.5 Å². The van der Waals surface area contributed by atoms with Crippen LogP contribution >= 0.6 is 11.6 Å². The largest absolute Gasteiger partial charge is 0.495 e. The second kappa shape index (κ2) is 33.8. The van der Waals surface area contributed by atoms with Gasteiger partial charge in [-0.05, 0) is 79.8 Å². The van der Waals surface area contributed by atoms with E-state index in [0.717, 1.165) is 5.56 Å². The van der Waals surface area contributed by atoms with E-state index in [9.17, 15) is 68.1 Å². The lowest BCUT2D eigenvalue weighted by molar-refractivity contribution is -0.288. The van der Waals surface area contributed by atoms with E-state index in [1.807, 2.05) is 20.8 Å². The first-order chi connectivity index (χ1) is 43.5. The zero-order valence-electron chi connectivity index (χ0n) is 53.1. The van der Waals surface area contributed by atoms with Crippen LogP contribution in [-0.4, -0.2) is 180 Å². The summed E-state index contributed by atoms with van der Waals surface area (Å²) in [6, 6.07) is 8.31. The Morgan fingerprint density at radius 3 is 2.13 bits per heavy atom. The number of epoxide rings is 1. The van der Waals surface area contributed by atoms with Gasteiger partial charge in [-0.1, -0.05) is 82.6 Å². The van der Waals surface area contributed by atoms with Crippen molar-refractivity contribution in [2.24, 2.45) is 23.2 Å². The van der Waals surface area contributed by atoms with Gasteiger partial charge in [-0.25, -0.2) is 9.59 Å². The monoisotopic (exact) mass is 1310 g/mol. The maximum atomic E-state index is 14.1. The molecule has 8 amide bonds. The van der Waals surface area contributed by atoms with Crippen LogP contribution in [0.5, 0.6) is 5.75 Å². The van der Waals surface area contributed by atoms with Gasteiger partial charge >= 0.3 is 17.9 Å². The number of carbonyl (C=O) groups is 11. The zero-order chi connectivity index (χ0) is 67.7. The normalized spacial score (nSPS) is 25.9. The Kier molecular flexibility index (Phi) is 27.0. The van der Waals surface area contributed by atoms with E-state index in [1.54, 1.807) is 70.2 Å². The van der Waals surface area contributed by atoms with Gasteiger partial charge in [0.1, 0.15) is 60.5 Å². The zero-order valence-corrected chi connectivity index (χ0v) is 53.8. The van der Waals surface area contributed by atoms with Crippen molar-refractivity contribution in [3.05, 3.63) is 76.3 Å². The van der Waals surface area contributed by atoms with Crippen molar-refractivity contribution in [1.29, 1.82) is 0 Å². The molecule has 4 aliphatic heterocycles. The number of benzene rings is 2. The van der Waals surface area contributed by atoms with Crippen LogP contribution < -0.4 is 36.6 Å². The van der Waals surface area contributed by atoms with E-state index in [-0.39, 0.29) is 89.8 Å². The molecule has 0 radical (unpaired) electrons. The number of rotatable bonds is 26. The average molecular weight is 1310 g/mol. The topological polar surface area (TPSA) is 392 Å². The second-order valence-electron chi connectivity index (χ2n) is 24.7. The number of hydrogen-bond acceptors (Lipinski definition) is 21. The Labute approximate surface area is 538 Å². The summed E-state index contributed by atoms with van der Waals surface area (Å²) in [5.74, 6) is -8.50. The van der Waals surface area contributed by atoms with Crippen molar-refractivity contribution in [2.75, 3.05) is 27.3 Å². The van der Waals surface area contributed by atoms with Crippen LogP contribution in [-0.2, 0) is 94.2 Å². The van der Waals surface area contributed by atoms with Crippen molar-refractivity contribution < 1.29 is 101 Å². The summed E-state index contributed by atoms with van der Waals surface area (Å²) in [7, 11) is 2.68. The van der Waals surface area contributed by atoms with Crippen LogP contribution in [0.4, 0.5) is 0 Å². The molecule has 3 saturated heterocycles. The van der Waals surface area contributed by atoms with Gasteiger partial charge in [0.05, 0.1) is 23.7 Å². The molecule has 4 heterocycles. The first kappa shape index (κ1) is 73.5. The highest BCUT2D eigenvalue weighted by Crippen LogP contribution is 2.45. The van der Waals surface area contributed by atoms with Crippen LogP contribution in [0, 0.1) is 23.2 Å². The number of nitrogens with zero attached hydrogens (tertiary/aromatic N) is 1. The van der Waals surface area contributed by atoms with Gasteiger partial charge in [0, 0.05) is 77.6 Å². The molecule has 2 aromatic carbocycles. The fourth-order valence-electron chi connectivity index (χ4n) is 10.3. The third-order valence-corrected chi connectivity index (χ3v) is 16.3. The number of amides is 8. The first-order valence-corrected chi connectivity index (χ1v) is 31.0. The molecule has 506 valence electrons. The number of nitrogens with one attached hydrogen (secondary N) is 6. The lowest BCUT2D eigenvalue weighted by Crippen LogP contribution is -2.60. The molecule has 0 aromatic heterocycles. The van der Waals surface area contributed by atoms with E-state index in [2.05, 4.69) is 31.9 Å². The Morgan fingerprint density at radius 1 is 0.804 bits per heavy atom. The van der Waals surface area contributed by atoms with Crippen molar-refractivity contribution in [3.63, 3.8) is 0 Å². The van der Waals surface area contributed by atoms with Crippen LogP contribution in [0.2, 0.25) is 5.02 Å². The Balaban J connectivity index is 1.12. The van der Waals surface area contributed by atoms with Crippen molar-refractivity contribution in [2.45, 2.75) is 192 Å². The van der Waals surface area contributed by atoms with Gasteiger partial charge in [0.15, 0.2) is 12.4 Å². The number of ether oxygens (including phenoxy) is 6. The third kappa shape index (κ3) is 21.0. The lowest BCUT2D eigenvalue weighted by atomic mass is 9.92. The number of halogens is 1. The number of esters is 2. The fourth-order valence-corrected chi connectivity index (χ4v) is 10.6. The van der Waals surface area contributed by atoms with Gasteiger partial charge in [-0.2, -0.15) is 0 Å². The predicted octanol–water partition coefficient (Wildman–Crippen LogP) is 1.49. The first-order valence-electron chi connectivity index (χ1n) is 30.7. The summed E-state index contributed by atoms with van der Waals surface area (Å²) in [5.41, 5.74) is 0.624. The van der Waals surface area contributed by atoms with Crippen LogP contribution in [0.1, 0.15) is 129 Å². The number of aliphatic hydroxyl groups excluding tert-OH is 3. The molecular weight excluding hydrogens is 1230 g/mol. The van der Waals surface area contributed by atoms with Gasteiger partial charge in [-0.3, -0.25) is 43.2 Å². The SMILES string of the molecule is COc1ccc(C[C@H]2NC(=O)/C=C/C[C@@H]([C@H](C)[C@H]3O[C@@H]3c3ccc(CNC(=O)[C@H](CCC(=O)NC[C@H]4O[C@@H](OC)[C@H](O)[C@@H](O)[C@@H]4O)NC(=O)[C@@H](NC(=O)CCCC(=O)ON4C(=O)CCC4=O)C(C)C)cc3)OC(=O)[C@H](CC(C)C)OC(=O)C(C)(C)CNC2=O)cc1Cl. The summed E-state index contributed by atoms with van der Waals surface area (Å²) >= 11 is 6.39. The molecule has 2 aromatic rings. The van der Waals surface area contributed by atoms with E-state index < -0.39 is 156 Å². The van der Waals surface area contributed by atoms with E-state index in [1.165, 1.54) is 26.4 Å². The van der Waals surface area contributed by atoms with Crippen LogP contribution in [0.15, 0.2) is 54.6 Å². The van der Waals surface area contributed by atoms with E-state index >= 15 is 0 Å². The van der Waals surface area contributed by atoms with Gasteiger partial charge in [0.25, 0.3) is 11.8 Å². The summed E-state index contributed by atoms with van der Waals surface area (Å²) < 4.78 is 34.0. The van der Waals surface area contributed by atoms with Crippen LogP contribution in [0.3, 0.4) is 0 Å². The average Bonchev–Trinajstić information content (AvgIpc) is 1.63. The molecule has 92 heavy (non-hydrogen) atoms. The number of carbonyl (C=O) groups excluding carboxylic acids is 11. The quantitative estimate of drug-likeness (QED) is 0.0366. The smallest absolute Gasteiger partial charge is 0.347 e. The summed E-state index contributed by atoms with van der Waals surface area (Å²) in [6.45, 7) is 11.3. The highest BCUT2D eigenvalue weighted by Gasteiger charge is 2.49. The molecular formula is C63H86ClN7O21. The lowest BCUT2D eigenvalue weighted by Gasteiger charge is -2.39. The maximum absolute atomic E-state index is 14.1. The highest BCUT2D eigenvalue weighted by atomic mass is 35.5. The molecule has 3 fully saturated rings. The highest BCUT2D eigenvalue weighted by molar-refractivity contribution is 6.32. The Morgan fingerprint density at radius 2 is 1.49 bits per heavy atom. The fraction of sp³-hybridized carbons (Fsp3) is 0.603. The van der Waals surface area contributed by atoms with E-state index in [0.29, 0.717) is 27.0 Å². The van der Waals surface area contributed by atoms with Crippen molar-refractivity contribution in [1.82, 2.24) is 37.0 Å². The number of methoxy groups -OCH3 is 2. The molecule has 13 atom stereocenters. The van der Waals surface area contributed by atoms with Crippen LogP contribution in [0.25, 0.3) is 0 Å². The standard InChI is InChI=1S/C63H86ClN7O21/c1-32(2)26-43-60(84)88-41(12-10-13-46(73)68-40(28-36-18-22-42(86-8)38(64)27-36)58(82)67-31-63(6,7)62(85)90-43)34(5)55-56(91-55)37-19-16-35(17-20-37)29-66-57(81)39(21-23-45(72)65-30-44-52(78)53(79)54(80)61(87-9)89-44)69-59(83)51(33(3)4)70-47(74)14-11-15-50(77)92-71-48(75)24-25-49(71)76/h10,13,16-20,22,27,32-34,39-41,43-44,51-56,61,78-80H,11-12,14-15,21,23-26,28-31H2,1-9H3,(H,65,72)(H,66,81)(H,67,82)(H,68,73)(H,69,83)(H,70,74)/b13-10+/t34-,39-,40+,41-,43-,44+,51-,52+,53-,54+,55+,56+,61+/m0/s1. The number of aliphatic hydroxyl groups is 3. The minimum absolute atomic E-state index is 0.0182. The molecule has 0 saturated carbocycles. The number of imide groups is 1. The maximum Gasteiger partial charge on any atom is 0.347 e. The van der Waals surface area contributed by atoms with E-state index in [4.69, 9.17) is 44.9 Å². The Hall–Kier alpha value is -7.60. The summed E-state index contributed by atoms with van der Waals surface area (Å²) in [4.78, 5) is 150. The summed E-state index contributed by atoms with van der Waals surface area (Å²) in [6.07, 6.45) is -9.08. The number of cyclic esters (lactones) is 2. The molecule has 0 unspecified atom stereocenters. The molecule has 28 nitrogen and oxygen atoms in total. The predicted molar refractivity (Wildman–Crippen MR) is 324 cm³/mol. The Bertz CT molecular complexity index is 3000. The summed E-state index contributed by atoms with van der Waals surface area (Å²) in [5, 5.41) is 47.8. The third-order valence-electron chi connectivity index (χ3n) is 16.0. The minimum atomic E-state index is -1.65. The molecule has 6 rings (SSSR count). The minimum Gasteiger partial charge on any atom is -0.495 e. The van der Waals surface area contributed by atoms with Gasteiger partial charge in [0.2, 0.25) is 35.4 Å². The molecule has 9 N–H and O–H groups in total. The van der Waals surface area contributed by atoms with Gasteiger partial charge in [-0.15, -0.1) is 5.06 Å². The molecule has 0 spiro atoms. The van der Waals surface area contributed by atoms with Crippen molar-refractivity contribution in [3.8, 4) is 5.75 Å². The number of hydrogen-bond donors (Lipinski definition) is 9. The molecule has 0 aliphatic carbocycles.